The Morgan fingerprint density at radius 1 is 1.17 bits per heavy atom. The lowest BCUT2D eigenvalue weighted by molar-refractivity contribution is -0.255. The Morgan fingerprint density at radius 2 is 1.86 bits per heavy atom. The van der Waals surface area contributed by atoms with E-state index < -0.39 is 23.3 Å². The highest BCUT2D eigenvalue weighted by atomic mass is 19.4. The van der Waals surface area contributed by atoms with E-state index in [-0.39, 0.29) is 22.7 Å². The van der Waals surface area contributed by atoms with Crippen LogP contribution in [0, 0.1) is 0 Å². The molecule has 7 nitrogen and oxygen atoms in total. The largest absolute Gasteiger partial charge is 0.545 e. The van der Waals surface area contributed by atoms with E-state index >= 15 is 0 Å². The van der Waals surface area contributed by atoms with Crippen molar-refractivity contribution in [1.29, 1.82) is 0 Å². The maximum Gasteiger partial charge on any atom is 0.416 e. The van der Waals surface area contributed by atoms with Gasteiger partial charge in [0.05, 0.1) is 17.7 Å². The molecule has 10 heteroatoms. The molecular formula is C19H13F3N3O4-. The van der Waals surface area contributed by atoms with Gasteiger partial charge in [-0.2, -0.15) is 18.3 Å². The van der Waals surface area contributed by atoms with Crippen LogP contribution in [0.5, 0.6) is 11.5 Å². The molecule has 0 aliphatic rings. The molecule has 3 rings (SSSR count). The van der Waals surface area contributed by atoms with Gasteiger partial charge in [-0.05, 0) is 35.9 Å². The topological polar surface area (TPSA) is 96.3 Å². The molecule has 0 amide bonds. The summed E-state index contributed by atoms with van der Waals surface area (Å²) in [6, 6.07) is 9.54. The standard InChI is InChI=1S/C19H14F3N3O4/c1-25-17(26)16(24-13-7-5-11(6-8-13)18(27)28)15(10-23-25)29-14-4-2-3-12(9-14)19(20,21)22/h2-10,24H,1H3,(H,27,28)/p-1. The Labute approximate surface area is 162 Å². The highest BCUT2D eigenvalue weighted by Crippen LogP contribution is 2.34. The minimum Gasteiger partial charge on any atom is -0.545 e. The van der Waals surface area contributed by atoms with Crippen LogP contribution in [0.25, 0.3) is 0 Å². The SMILES string of the molecule is Cn1ncc(Oc2cccc(C(F)(F)F)c2)c(Nc2ccc(C(=O)[O-])cc2)c1=O. The Kier molecular flexibility index (Phi) is 5.26. The Bertz CT molecular complexity index is 1110. The summed E-state index contributed by atoms with van der Waals surface area (Å²) in [6.07, 6.45) is -3.37. The van der Waals surface area contributed by atoms with E-state index in [1.807, 2.05) is 0 Å². The molecule has 1 heterocycles. The number of nitrogens with zero attached hydrogens (tertiary/aromatic N) is 2. The molecule has 0 aliphatic heterocycles. The van der Waals surface area contributed by atoms with E-state index in [0.29, 0.717) is 5.69 Å². The smallest absolute Gasteiger partial charge is 0.416 e. The number of alkyl halides is 3. The first-order chi connectivity index (χ1) is 13.6. The molecule has 0 saturated heterocycles. The summed E-state index contributed by atoms with van der Waals surface area (Å²) >= 11 is 0. The summed E-state index contributed by atoms with van der Waals surface area (Å²) in [5, 5.41) is 17.4. The van der Waals surface area contributed by atoms with Crippen LogP contribution in [0.4, 0.5) is 24.5 Å². The zero-order valence-corrected chi connectivity index (χ0v) is 14.9. The number of carboxylic acid groups (broad SMARTS) is 1. The lowest BCUT2D eigenvalue weighted by atomic mass is 10.2. The number of rotatable bonds is 5. The first kappa shape index (κ1) is 19.9. The molecule has 0 radical (unpaired) electrons. The van der Waals surface area contributed by atoms with E-state index in [4.69, 9.17) is 4.74 Å². The van der Waals surface area contributed by atoms with Gasteiger partial charge in [0.1, 0.15) is 5.75 Å². The average Bonchev–Trinajstić information content (AvgIpc) is 2.67. The predicted octanol–water partition coefficient (Wildman–Crippen LogP) is 2.70. The quantitative estimate of drug-likeness (QED) is 0.703. The van der Waals surface area contributed by atoms with Gasteiger partial charge in [-0.1, -0.05) is 18.2 Å². The van der Waals surface area contributed by atoms with E-state index in [1.165, 1.54) is 49.6 Å². The Morgan fingerprint density at radius 3 is 2.48 bits per heavy atom. The minimum atomic E-state index is -4.55. The third kappa shape index (κ3) is 4.54. The Balaban J connectivity index is 1.95. The van der Waals surface area contributed by atoms with Gasteiger partial charge in [0.25, 0.3) is 5.56 Å². The van der Waals surface area contributed by atoms with Gasteiger partial charge < -0.3 is 20.0 Å². The molecule has 0 bridgehead atoms. The van der Waals surface area contributed by atoms with Gasteiger partial charge in [0.2, 0.25) is 0 Å². The van der Waals surface area contributed by atoms with Crippen LogP contribution in [-0.4, -0.2) is 15.7 Å². The van der Waals surface area contributed by atoms with Crippen molar-refractivity contribution in [2.75, 3.05) is 5.32 Å². The molecule has 0 saturated carbocycles. The highest BCUT2D eigenvalue weighted by molar-refractivity contribution is 5.86. The maximum atomic E-state index is 12.9. The summed E-state index contributed by atoms with van der Waals surface area (Å²) < 4.78 is 45.2. The predicted molar refractivity (Wildman–Crippen MR) is 95.1 cm³/mol. The van der Waals surface area contributed by atoms with Gasteiger partial charge in [0.15, 0.2) is 11.4 Å². The van der Waals surface area contributed by atoms with E-state index in [0.717, 1.165) is 16.8 Å². The first-order valence-electron chi connectivity index (χ1n) is 8.15. The van der Waals surface area contributed by atoms with E-state index in [2.05, 4.69) is 10.4 Å². The lowest BCUT2D eigenvalue weighted by Crippen LogP contribution is -2.23. The minimum absolute atomic E-state index is 0.0568. The van der Waals surface area contributed by atoms with Crippen LogP contribution in [0.1, 0.15) is 15.9 Å². The number of nitrogens with one attached hydrogen (secondary N) is 1. The number of aromatic carboxylic acids is 1. The second-order valence-corrected chi connectivity index (χ2v) is 5.93. The summed E-state index contributed by atoms with van der Waals surface area (Å²) in [7, 11) is 1.39. The van der Waals surface area contributed by atoms with Crippen molar-refractivity contribution in [3.8, 4) is 11.5 Å². The van der Waals surface area contributed by atoms with Crippen molar-refractivity contribution >= 4 is 17.3 Å². The number of carboxylic acids is 1. The highest BCUT2D eigenvalue weighted by Gasteiger charge is 2.30. The third-order valence-electron chi connectivity index (χ3n) is 3.88. The normalized spacial score (nSPS) is 11.2. The van der Waals surface area contributed by atoms with Crippen LogP contribution in [0.3, 0.4) is 0 Å². The number of benzene rings is 2. The summed E-state index contributed by atoms with van der Waals surface area (Å²) in [5.41, 5.74) is -1.29. The monoisotopic (exact) mass is 404 g/mol. The van der Waals surface area contributed by atoms with Crippen LogP contribution < -0.4 is 20.7 Å². The summed E-state index contributed by atoms with van der Waals surface area (Å²) in [5.74, 6) is -1.59. The zero-order valence-electron chi connectivity index (χ0n) is 14.9. The molecule has 0 unspecified atom stereocenters. The second kappa shape index (κ2) is 7.66. The number of halogens is 3. The van der Waals surface area contributed by atoms with Crippen molar-refractivity contribution in [3.05, 3.63) is 76.2 Å². The van der Waals surface area contributed by atoms with Crippen LogP contribution in [0.15, 0.2) is 59.5 Å². The number of aromatic nitrogens is 2. The number of aryl methyl sites for hydroxylation is 1. The lowest BCUT2D eigenvalue weighted by Gasteiger charge is -2.14. The number of ether oxygens (including phenoxy) is 1. The number of hydrogen-bond acceptors (Lipinski definition) is 6. The van der Waals surface area contributed by atoms with E-state index in [1.54, 1.807) is 0 Å². The number of anilines is 2. The fraction of sp³-hybridized carbons (Fsp3) is 0.105. The first-order valence-corrected chi connectivity index (χ1v) is 8.15. The fourth-order valence-corrected chi connectivity index (χ4v) is 2.41. The molecule has 0 aliphatic carbocycles. The van der Waals surface area contributed by atoms with Crippen molar-refractivity contribution in [1.82, 2.24) is 9.78 Å². The molecule has 150 valence electrons. The third-order valence-corrected chi connectivity index (χ3v) is 3.88. The van der Waals surface area contributed by atoms with Crippen molar-refractivity contribution in [2.24, 2.45) is 7.05 Å². The summed E-state index contributed by atoms with van der Waals surface area (Å²) in [4.78, 5) is 23.3. The number of hydrogen-bond donors (Lipinski definition) is 1. The van der Waals surface area contributed by atoms with Gasteiger partial charge in [-0.25, -0.2) is 4.68 Å². The average molecular weight is 404 g/mol. The maximum absolute atomic E-state index is 12.9. The molecule has 29 heavy (non-hydrogen) atoms. The molecule has 3 aromatic rings. The van der Waals surface area contributed by atoms with E-state index in [9.17, 15) is 27.9 Å². The zero-order chi connectivity index (χ0) is 21.2. The summed E-state index contributed by atoms with van der Waals surface area (Å²) in [6.45, 7) is 0. The van der Waals surface area contributed by atoms with Gasteiger partial charge in [-0.15, -0.1) is 0 Å². The molecule has 0 fully saturated rings. The van der Waals surface area contributed by atoms with Crippen molar-refractivity contribution < 1.29 is 27.8 Å². The number of carbonyl (C=O) groups is 1. The molecular weight excluding hydrogens is 391 g/mol. The molecule has 2 aromatic carbocycles. The second-order valence-electron chi connectivity index (χ2n) is 5.93. The van der Waals surface area contributed by atoms with Crippen LogP contribution >= 0.6 is 0 Å². The van der Waals surface area contributed by atoms with Gasteiger partial charge >= 0.3 is 6.18 Å². The molecule has 0 atom stereocenters. The molecule has 0 spiro atoms. The fourth-order valence-electron chi connectivity index (χ4n) is 2.41. The van der Waals surface area contributed by atoms with Crippen LogP contribution in [0.2, 0.25) is 0 Å². The molecule has 1 aromatic heterocycles. The number of carbonyl (C=O) groups excluding carboxylic acids is 1. The van der Waals surface area contributed by atoms with Gasteiger partial charge in [0, 0.05) is 12.7 Å². The Hall–Kier alpha value is -3.82. The molecule has 1 N–H and O–H groups in total. The van der Waals surface area contributed by atoms with Crippen molar-refractivity contribution in [2.45, 2.75) is 6.18 Å². The van der Waals surface area contributed by atoms with Crippen LogP contribution in [-0.2, 0) is 13.2 Å². The van der Waals surface area contributed by atoms with Gasteiger partial charge in [-0.3, -0.25) is 4.79 Å². The van der Waals surface area contributed by atoms with Crippen molar-refractivity contribution in [3.63, 3.8) is 0 Å².